The van der Waals surface area contributed by atoms with Gasteiger partial charge in [0.2, 0.25) is 11.8 Å². The second-order valence-corrected chi connectivity index (χ2v) is 5.26. The van der Waals surface area contributed by atoms with Crippen LogP contribution in [0.25, 0.3) is 0 Å². The maximum atomic E-state index is 12.3. The van der Waals surface area contributed by atoms with Gasteiger partial charge in [0.05, 0.1) is 12.1 Å². The first-order chi connectivity index (χ1) is 9.11. The van der Waals surface area contributed by atoms with Crippen molar-refractivity contribution in [3.05, 3.63) is 0 Å². The first-order valence-electron chi connectivity index (χ1n) is 7.09. The summed E-state index contributed by atoms with van der Waals surface area (Å²) >= 11 is 0. The van der Waals surface area contributed by atoms with E-state index in [1.807, 2.05) is 16.7 Å². The highest BCUT2D eigenvalue weighted by Crippen LogP contribution is 2.12. The third kappa shape index (κ3) is 3.45. The molecule has 6 nitrogen and oxygen atoms in total. The van der Waals surface area contributed by atoms with Gasteiger partial charge >= 0.3 is 0 Å². The summed E-state index contributed by atoms with van der Waals surface area (Å²) < 4.78 is 0. The normalized spacial score (nSPS) is 28.3. The minimum Gasteiger partial charge on any atom is -0.392 e. The Morgan fingerprint density at radius 2 is 1.89 bits per heavy atom. The highest BCUT2D eigenvalue weighted by atomic mass is 16.3. The van der Waals surface area contributed by atoms with Crippen molar-refractivity contribution < 1.29 is 14.7 Å². The summed E-state index contributed by atoms with van der Waals surface area (Å²) in [6, 6.07) is -0.261. The minimum atomic E-state index is -0.418. The molecule has 2 unspecified atom stereocenters. The Hall–Kier alpha value is -1.14. The molecule has 0 aliphatic carbocycles. The van der Waals surface area contributed by atoms with Gasteiger partial charge in [-0.3, -0.25) is 9.59 Å². The molecule has 2 aliphatic heterocycles. The van der Waals surface area contributed by atoms with Crippen LogP contribution >= 0.6 is 0 Å². The van der Waals surface area contributed by atoms with Crippen molar-refractivity contribution in [3.63, 3.8) is 0 Å². The molecule has 2 N–H and O–H groups in total. The molecule has 2 saturated heterocycles. The molecule has 108 valence electrons. The SMILES string of the molecule is CCC(=O)N1CCCN(C(=O)C2CC(O)CN2)CC1. The molecule has 0 bridgehead atoms. The number of aliphatic hydroxyl groups is 1. The fourth-order valence-electron chi connectivity index (χ4n) is 2.74. The number of aliphatic hydroxyl groups excluding tert-OH is 1. The molecule has 2 amide bonds. The predicted octanol–water partition coefficient (Wildman–Crippen LogP) is -0.820. The Labute approximate surface area is 113 Å². The number of hydrogen-bond acceptors (Lipinski definition) is 4. The van der Waals surface area contributed by atoms with E-state index in [0.29, 0.717) is 39.0 Å². The highest BCUT2D eigenvalue weighted by molar-refractivity contribution is 5.82. The lowest BCUT2D eigenvalue weighted by atomic mass is 10.2. The van der Waals surface area contributed by atoms with Gasteiger partial charge < -0.3 is 20.2 Å². The summed E-state index contributed by atoms with van der Waals surface area (Å²) in [6.45, 7) is 5.00. The first kappa shape index (κ1) is 14.3. The van der Waals surface area contributed by atoms with Gasteiger partial charge in [0.25, 0.3) is 0 Å². The van der Waals surface area contributed by atoms with Crippen LogP contribution in [0.15, 0.2) is 0 Å². The number of carbonyl (C=O) groups excluding carboxylic acids is 2. The van der Waals surface area contributed by atoms with Gasteiger partial charge in [0.15, 0.2) is 0 Å². The van der Waals surface area contributed by atoms with Crippen molar-refractivity contribution in [1.82, 2.24) is 15.1 Å². The molecule has 6 heteroatoms. The minimum absolute atomic E-state index is 0.0577. The summed E-state index contributed by atoms with van der Waals surface area (Å²) in [5.74, 6) is 0.214. The largest absolute Gasteiger partial charge is 0.392 e. The van der Waals surface area contributed by atoms with Crippen LogP contribution in [-0.4, -0.2) is 71.6 Å². The van der Waals surface area contributed by atoms with Crippen LogP contribution in [0.4, 0.5) is 0 Å². The van der Waals surface area contributed by atoms with Gasteiger partial charge in [-0.25, -0.2) is 0 Å². The Balaban J connectivity index is 1.88. The summed E-state index contributed by atoms with van der Waals surface area (Å²) in [5, 5.41) is 12.5. The maximum Gasteiger partial charge on any atom is 0.239 e. The zero-order chi connectivity index (χ0) is 13.8. The Morgan fingerprint density at radius 1 is 1.21 bits per heavy atom. The smallest absolute Gasteiger partial charge is 0.239 e. The van der Waals surface area contributed by atoms with Crippen LogP contribution in [0.1, 0.15) is 26.2 Å². The van der Waals surface area contributed by atoms with Gasteiger partial charge in [-0.15, -0.1) is 0 Å². The first-order valence-corrected chi connectivity index (χ1v) is 7.09. The Kier molecular flexibility index (Phi) is 4.76. The van der Waals surface area contributed by atoms with Gasteiger partial charge in [0.1, 0.15) is 0 Å². The van der Waals surface area contributed by atoms with Crippen LogP contribution in [0.2, 0.25) is 0 Å². The quantitative estimate of drug-likeness (QED) is 0.687. The van der Waals surface area contributed by atoms with E-state index in [0.717, 1.165) is 13.0 Å². The van der Waals surface area contributed by atoms with Crippen LogP contribution < -0.4 is 5.32 Å². The predicted molar refractivity (Wildman–Crippen MR) is 70.5 cm³/mol. The molecular formula is C13H23N3O3. The molecule has 2 fully saturated rings. The van der Waals surface area contributed by atoms with E-state index < -0.39 is 6.10 Å². The van der Waals surface area contributed by atoms with Crippen LogP contribution in [-0.2, 0) is 9.59 Å². The molecule has 0 radical (unpaired) electrons. The molecule has 0 aromatic carbocycles. The van der Waals surface area contributed by atoms with Crippen LogP contribution in [0, 0.1) is 0 Å². The summed E-state index contributed by atoms with van der Waals surface area (Å²) in [5.41, 5.74) is 0. The zero-order valence-corrected chi connectivity index (χ0v) is 11.5. The van der Waals surface area contributed by atoms with Crippen molar-refractivity contribution in [1.29, 1.82) is 0 Å². The third-order valence-electron chi connectivity index (χ3n) is 3.87. The standard InChI is InChI=1S/C13H23N3O3/c1-2-12(18)15-4-3-5-16(7-6-15)13(19)11-8-10(17)9-14-11/h10-11,14,17H,2-9H2,1H3. The lowest BCUT2D eigenvalue weighted by Crippen LogP contribution is -2.45. The van der Waals surface area contributed by atoms with Crippen molar-refractivity contribution in [2.75, 3.05) is 32.7 Å². The lowest BCUT2D eigenvalue weighted by Gasteiger charge is -2.24. The molecule has 0 aromatic heterocycles. The summed E-state index contributed by atoms with van der Waals surface area (Å²) in [6.07, 6.45) is 1.42. The van der Waals surface area contributed by atoms with Crippen LogP contribution in [0.5, 0.6) is 0 Å². The van der Waals surface area contributed by atoms with E-state index in [2.05, 4.69) is 5.32 Å². The topological polar surface area (TPSA) is 72.9 Å². The van der Waals surface area contributed by atoms with Crippen molar-refractivity contribution in [2.45, 2.75) is 38.3 Å². The van der Waals surface area contributed by atoms with E-state index in [-0.39, 0.29) is 17.9 Å². The van der Waals surface area contributed by atoms with E-state index in [1.54, 1.807) is 0 Å². The van der Waals surface area contributed by atoms with E-state index in [1.165, 1.54) is 0 Å². The molecule has 2 aliphatic rings. The third-order valence-corrected chi connectivity index (χ3v) is 3.87. The molecular weight excluding hydrogens is 246 g/mol. The second-order valence-electron chi connectivity index (χ2n) is 5.26. The number of nitrogens with one attached hydrogen (secondary N) is 1. The van der Waals surface area contributed by atoms with Gasteiger partial charge in [-0.2, -0.15) is 0 Å². The monoisotopic (exact) mass is 269 g/mol. The average Bonchev–Trinajstić information content (AvgIpc) is 2.71. The molecule has 2 rings (SSSR count). The summed E-state index contributed by atoms with van der Waals surface area (Å²) in [4.78, 5) is 27.6. The van der Waals surface area contributed by atoms with E-state index in [4.69, 9.17) is 0 Å². The number of carbonyl (C=O) groups is 2. The van der Waals surface area contributed by atoms with E-state index in [9.17, 15) is 14.7 Å². The zero-order valence-electron chi connectivity index (χ0n) is 11.5. The second kappa shape index (κ2) is 6.34. The van der Waals surface area contributed by atoms with Gasteiger partial charge in [0, 0.05) is 39.1 Å². The van der Waals surface area contributed by atoms with Crippen molar-refractivity contribution in [2.24, 2.45) is 0 Å². The van der Waals surface area contributed by atoms with Crippen LogP contribution in [0.3, 0.4) is 0 Å². The lowest BCUT2D eigenvalue weighted by molar-refractivity contribution is -0.134. The molecule has 0 saturated carbocycles. The van der Waals surface area contributed by atoms with Crippen molar-refractivity contribution >= 4 is 11.8 Å². The van der Waals surface area contributed by atoms with Crippen molar-refractivity contribution in [3.8, 4) is 0 Å². The fourth-order valence-corrected chi connectivity index (χ4v) is 2.74. The molecule has 2 heterocycles. The van der Waals surface area contributed by atoms with Gasteiger partial charge in [-0.05, 0) is 12.8 Å². The number of nitrogens with zero attached hydrogens (tertiary/aromatic N) is 2. The number of hydrogen-bond donors (Lipinski definition) is 2. The Morgan fingerprint density at radius 3 is 2.53 bits per heavy atom. The number of β-amino-alcohol motifs (C(OH)–C–C–N with tert-alkyl or cyclic N) is 1. The Bertz CT molecular complexity index is 348. The average molecular weight is 269 g/mol. The molecule has 0 aromatic rings. The highest BCUT2D eigenvalue weighted by Gasteiger charge is 2.32. The molecule has 19 heavy (non-hydrogen) atoms. The van der Waals surface area contributed by atoms with E-state index >= 15 is 0 Å². The molecule has 2 atom stereocenters. The van der Waals surface area contributed by atoms with Gasteiger partial charge in [-0.1, -0.05) is 6.92 Å². The maximum absolute atomic E-state index is 12.3. The summed E-state index contributed by atoms with van der Waals surface area (Å²) in [7, 11) is 0. The number of amides is 2. The number of rotatable bonds is 2. The molecule has 0 spiro atoms. The fraction of sp³-hybridized carbons (Fsp3) is 0.846.